The van der Waals surface area contributed by atoms with Gasteiger partial charge in [0.15, 0.2) is 0 Å². The molecule has 0 saturated heterocycles. The van der Waals surface area contributed by atoms with Gasteiger partial charge in [-0.25, -0.2) is 4.68 Å². The van der Waals surface area contributed by atoms with Crippen molar-refractivity contribution in [1.82, 2.24) is 25.5 Å². The minimum Gasteiger partial charge on any atom is -0.481 e. The summed E-state index contributed by atoms with van der Waals surface area (Å²) in [6.45, 7) is 0.620. The molecule has 24 heavy (non-hydrogen) atoms. The van der Waals surface area contributed by atoms with Crippen molar-refractivity contribution in [2.45, 2.75) is 38.5 Å². The quantitative estimate of drug-likeness (QED) is 0.636. The molecule has 0 aliphatic rings. The molecular formula is C16H21N5O3. The molecule has 128 valence electrons. The van der Waals surface area contributed by atoms with Gasteiger partial charge in [0.1, 0.15) is 6.33 Å². The van der Waals surface area contributed by atoms with E-state index in [2.05, 4.69) is 20.8 Å². The second kappa shape index (κ2) is 9.39. The topological polar surface area (TPSA) is 110 Å². The molecule has 0 bridgehead atoms. The highest BCUT2D eigenvalue weighted by molar-refractivity contribution is 5.78. The molecule has 8 heteroatoms. The first-order chi connectivity index (χ1) is 11.6. The van der Waals surface area contributed by atoms with Crippen LogP contribution in [0.3, 0.4) is 0 Å². The number of carbonyl (C=O) groups excluding carboxylic acids is 1. The summed E-state index contributed by atoms with van der Waals surface area (Å²) in [5.74, 6) is -0.773. The summed E-state index contributed by atoms with van der Waals surface area (Å²) in [6, 6.07) is 7.48. The maximum Gasteiger partial charge on any atom is 0.303 e. The van der Waals surface area contributed by atoms with Crippen LogP contribution >= 0.6 is 0 Å². The Morgan fingerprint density at radius 3 is 2.50 bits per heavy atom. The Bertz CT molecular complexity index is 640. The van der Waals surface area contributed by atoms with Crippen LogP contribution in [-0.2, 0) is 16.0 Å². The van der Waals surface area contributed by atoms with Gasteiger partial charge in [0, 0.05) is 13.0 Å². The highest BCUT2D eigenvalue weighted by Crippen LogP contribution is 2.08. The molecule has 0 aliphatic heterocycles. The van der Waals surface area contributed by atoms with Crippen LogP contribution in [-0.4, -0.2) is 43.7 Å². The van der Waals surface area contributed by atoms with Crippen molar-refractivity contribution in [3.8, 4) is 5.69 Å². The average Bonchev–Trinajstić information content (AvgIpc) is 3.09. The summed E-state index contributed by atoms with van der Waals surface area (Å²) in [5.41, 5.74) is 1.76. The number of hydrogen-bond donors (Lipinski definition) is 2. The summed E-state index contributed by atoms with van der Waals surface area (Å²) >= 11 is 0. The van der Waals surface area contributed by atoms with E-state index in [1.54, 1.807) is 4.68 Å². The SMILES string of the molecule is O=C(O)CCCCCCNC(=O)Cc1ccc(-n2cnnn2)cc1. The van der Waals surface area contributed by atoms with Crippen LogP contribution in [0.1, 0.15) is 37.7 Å². The number of nitrogens with one attached hydrogen (secondary N) is 1. The lowest BCUT2D eigenvalue weighted by atomic mass is 10.1. The van der Waals surface area contributed by atoms with E-state index in [9.17, 15) is 9.59 Å². The third-order valence-electron chi connectivity index (χ3n) is 3.55. The molecule has 0 aliphatic carbocycles. The third kappa shape index (κ3) is 6.15. The predicted octanol–water partition coefficient (Wildman–Crippen LogP) is 1.36. The second-order valence-electron chi connectivity index (χ2n) is 5.51. The number of hydrogen-bond acceptors (Lipinski definition) is 5. The molecule has 0 saturated carbocycles. The highest BCUT2D eigenvalue weighted by atomic mass is 16.4. The monoisotopic (exact) mass is 331 g/mol. The van der Waals surface area contributed by atoms with Gasteiger partial charge in [0.2, 0.25) is 5.91 Å². The molecule has 0 unspecified atom stereocenters. The second-order valence-corrected chi connectivity index (χ2v) is 5.51. The number of nitrogens with zero attached hydrogens (tertiary/aromatic N) is 4. The van der Waals surface area contributed by atoms with Crippen molar-refractivity contribution in [2.75, 3.05) is 6.54 Å². The molecule has 8 nitrogen and oxygen atoms in total. The van der Waals surface area contributed by atoms with Crippen molar-refractivity contribution >= 4 is 11.9 Å². The Hall–Kier alpha value is -2.77. The molecule has 1 aromatic carbocycles. The minimum absolute atomic E-state index is 0.0179. The molecule has 1 heterocycles. The van der Waals surface area contributed by atoms with Gasteiger partial charge in [-0.15, -0.1) is 5.10 Å². The fourth-order valence-corrected chi connectivity index (χ4v) is 2.28. The molecule has 2 N–H and O–H groups in total. The van der Waals surface area contributed by atoms with Crippen LogP contribution in [0.25, 0.3) is 5.69 Å². The fraction of sp³-hybridized carbons (Fsp3) is 0.438. The van der Waals surface area contributed by atoms with Gasteiger partial charge in [-0.1, -0.05) is 25.0 Å². The number of benzene rings is 1. The third-order valence-corrected chi connectivity index (χ3v) is 3.55. The van der Waals surface area contributed by atoms with Crippen molar-refractivity contribution in [3.63, 3.8) is 0 Å². The van der Waals surface area contributed by atoms with Crippen molar-refractivity contribution in [3.05, 3.63) is 36.2 Å². The van der Waals surface area contributed by atoms with Crippen molar-refractivity contribution in [1.29, 1.82) is 0 Å². The average molecular weight is 331 g/mol. The van der Waals surface area contributed by atoms with Crippen LogP contribution in [0.4, 0.5) is 0 Å². The first-order valence-corrected chi connectivity index (χ1v) is 7.96. The molecule has 2 rings (SSSR count). The molecule has 0 radical (unpaired) electrons. The van der Waals surface area contributed by atoms with Crippen LogP contribution in [0.2, 0.25) is 0 Å². The van der Waals surface area contributed by atoms with E-state index < -0.39 is 5.97 Å². The Kier molecular flexibility index (Phi) is 6.88. The molecule has 0 spiro atoms. The van der Waals surface area contributed by atoms with E-state index in [0.717, 1.165) is 30.5 Å². The number of carbonyl (C=O) groups is 2. The fourth-order valence-electron chi connectivity index (χ4n) is 2.28. The van der Waals surface area contributed by atoms with Crippen LogP contribution in [0.5, 0.6) is 0 Å². The smallest absolute Gasteiger partial charge is 0.303 e. The number of rotatable bonds is 10. The van der Waals surface area contributed by atoms with E-state index in [-0.39, 0.29) is 12.3 Å². The van der Waals surface area contributed by atoms with Crippen LogP contribution < -0.4 is 5.32 Å². The summed E-state index contributed by atoms with van der Waals surface area (Å²) < 4.78 is 1.55. The Balaban J connectivity index is 1.63. The number of aromatic nitrogens is 4. The molecule has 1 amide bonds. The zero-order valence-electron chi connectivity index (χ0n) is 13.4. The van der Waals surface area contributed by atoms with Crippen molar-refractivity contribution < 1.29 is 14.7 Å². The van der Waals surface area contributed by atoms with Crippen molar-refractivity contribution in [2.24, 2.45) is 0 Å². The van der Waals surface area contributed by atoms with Gasteiger partial charge < -0.3 is 10.4 Å². The zero-order valence-corrected chi connectivity index (χ0v) is 13.4. The number of unbranched alkanes of at least 4 members (excludes halogenated alkanes) is 3. The zero-order chi connectivity index (χ0) is 17.2. The Morgan fingerprint density at radius 1 is 1.08 bits per heavy atom. The normalized spacial score (nSPS) is 10.5. The summed E-state index contributed by atoms with van der Waals surface area (Å²) in [4.78, 5) is 22.2. The standard InChI is InChI=1S/C16H21N5O3/c22-15(17-10-4-2-1-3-5-16(23)24)11-13-6-8-14(9-7-13)21-12-18-19-20-21/h6-9,12H,1-5,10-11H2,(H,17,22)(H,23,24). The van der Waals surface area contributed by atoms with E-state index in [0.29, 0.717) is 19.4 Å². The number of carboxylic acids is 1. The number of aliphatic carboxylic acids is 1. The lowest BCUT2D eigenvalue weighted by Crippen LogP contribution is -2.26. The number of carboxylic acid groups (broad SMARTS) is 1. The van der Waals surface area contributed by atoms with Gasteiger partial charge >= 0.3 is 5.97 Å². The molecule has 0 atom stereocenters. The van der Waals surface area contributed by atoms with Gasteiger partial charge in [0.25, 0.3) is 0 Å². The number of tetrazole rings is 1. The summed E-state index contributed by atoms with van der Waals surface area (Å²) in [5, 5.41) is 22.4. The maximum atomic E-state index is 11.9. The van der Waals surface area contributed by atoms with Gasteiger partial charge in [-0.2, -0.15) is 0 Å². The summed E-state index contributed by atoms with van der Waals surface area (Å²) in [6.07, 6.45) is 5.41. The first-order valence-electron chi connectivity index (χ1n) is 7.96. The molecule has 2 aromatic rings. The lowest BCUT2D eigenvalue weighted by molar-refractivity contribution is -0.137. The largest absolute Gasteiger partial charge is 0.481 e. The molecule has 1 aromatic heterocycles. The Morgan fingerprint density at radius 2 is 1.83 bits per heavy atom. The highest BCUT2D eigenvalue weighted by Gasteiger charge is 2.04. The predicted molar refractivity (Wildman–Crippen MR) is 86.6 cm³/mol. The molecule has 0 fully saturated rings. The van der Waals surface area contributed by atoms with E-state index in [4.69, 9.17) is 5.11 Å². The number of amides is 1. The Labute approximate surface area is 139 Å². The molecular weight excluding hydrogens is 310 g/mol. The van der Waals surface area contributed by atoms with E-state index >= 15 is 0 Å². The van der Waals surface area contributed by atoms with Crippen LogP contribution in [0.15, 0.2) is 30.6 Å². The van der Waals surface area contributed by atoms with Gasteiger partial charge in [-0.05, 0) is 41.0 Å². The van der Waals surface area contributed by atoms with Crippen LogP contribution in [0, 0.1) is 0 Å². The van der Waals surface area contributed by atoms with Gasteiger partial charge in [-0.3, -0.25) is 9.59 Å². The maximum absolute atomic E-state index is 11.9. The first kappa shape index (κ1) is 17.6. The van der Waals surface area contributed by atoms with E-state index in [1.165, 1.54) is 6.33 Å². The lowest BCUT2D eigenvalue weighted by Gasteiger charge is -2.06. The van der Waals surface area contributed by atoms with E-state index in [1.807, 2.05) is 24.3 Å². The minimum atomic E-state index is -0.755. The summed E-state index contributed by atoms with van der Waals surface area (Å²) in [7, 11) is 0. The van der Waals surface area contributed by atoms with Gasteiger partial charge in [0.05, 0.1) is 12.1 Å².